The lowest BCUT2D eigenvalue weighted by molar-refractivity contribution is 0.138. The van der Waals surface area contributed by atoms with E-state index in [4.69, 9.17) is 17.3 Å². The molecule has 1 heterocycles. The molecule has 2 fully saturated rings. The van der Waals surface area contributed by atoms with Crippen LogP contribution in [0.25, 0.3) is 0 Å². The fourth-order valence-electron chi connectivity index (χ4n) is 4.50. The molecule has 1 aliphatic heterocycles. The van der Waals surface area contributed by atoms with E-state index in [0.717, 1.165) is 17.0 Å². The van der Waals surface area contributed by atoms with Gasteiger partial charge in [0.25, 0.3) is 0 Å². The van der Waals surface area contributed by atoms with Crippen LogP contribution in [0.5, 0.6) is 0 Å². The molecular weight excluding hydrogens is 280 g/mol. The number of nitrogens with zero attached hydrogens (tertiary/aromatic N) is 1. The van der Waals surface area contributed by atoms with Crippen LogP contribution in [0, 0.1) is 12.8 Å². The minimum absolute atomic E-state index is 0.357. The van der Waals surface area contributed by atoms with Crippen LogP contribution in [0.2, 0.25) is 5.02 Å². The highest BCUT2D eigenvalue weighted by Crippen LogP contribution is 2.39. The second-order valence-electron chi connectivity index (χ2n) is 6.74. The molecule has 1 aliphatic carbocycles. The smallest absolute Gasteiger partial charge is 0.0476 e. The van der Waals surface area contributed by atoms with Crippen molar-refractivity contribution in [1.29, 1.82) is 0 Å². The summed E-state index contributed by atoms with van der Waals surface area (Å²) >= 11 is 6.11. The van der Waals surface area contributed by atoms with Crippen molar-refractivity contribution < 1.29 is 0 Å². The SMILES string of the molecule is Cc1cc(Cl)ccc1C(CN)N1CCCC1C1CCCC1. The zero-order valence-corrected chi connectivity index (χ0v) is 13.8. The number of nitrogens with two attached hydrogens (primary N) is 1. The van der Waals surface area contributed by atoms with Crippen molar-refractivity contribution in [2.75, 3.05) is 13.1 Å². The molecule has 2 atom stereocenters. The minimum atomic E-state index is 0.357. The van der Waals surface area contributed by atoms with E-state index in [2.05, 4.69) is 24.0 Å². The van der Waals surface area contributed by atoms with Gasteiger partial charge >= 0.3 is 0 Å². The number of likely N-dealkylation sites (tertiary alicyclic amines) is 1. The second-order valence-corrected chi connectivity index (χ2v) is 7.18. The highest BCUT2D eigenvalue weighted by atomic mass is 35.5. The monoisotopic (exact) mass is 306 g/mol. The molecule has 0 radical (unpaired) electrons. The molecule has 3 heteroatoms. The Hall–Kier alpha value is -0.570. The van der Waals surface area contributed by atoms with Crippen LogP contribution in [0.1, 0.15) is 55.7 Å². The van der Waals surface area contributed by atoms with Gasteiger partial charge in [-0.25, -0.2) is 0 Å². The van der Waals surface area contributed by atoms with Gasteiger partial charge in [-0.1, -0.05) is 30.5 Å². The Bertz CT molecular complexity index is 482. The summed E-state index contributed by atoms with van der Waals surface area (Å²) in [5.41, 5.74) is 8.82. The van der Waals surface area contributed by atoms with Crippen molar-refractivity contribution in [3.05, 3.63) is 34.3 Å². The lowest BCUT2D eigenvalue weighted by atomic mass is 9.93. The Kier molecular flexibility index (Phi) is 4.88. The summed E-state index contributed by atoms with van der Waals surface area (Å²) in [5.74, 6) is 0.897. The van der Waals surface area contributed by atoms with Gasteiger partial charge in [-0.2, -0.15) is 0 Å². The second kappa shape index (κ2) is 6.68. The molecule has 1 saturated carbocycles. The van der Waals surface area contributed by atoms with Crippen LogP contribution in [0.3, 0.4) is 0 Å². The molecule has 2 nitrogen and oxygen atoms in total. The number of rotatable bonds is 4. The summed E-state index contributed by atoms with van der Waals surface area (Å²) in [6.45, 7) is 4.06. The van der Waals surface area contributed by atoms with Crippen LogP contribution in [-0.2, 0) is 0 Å². The van der Waals surface area contributed by atoms with Crippen LogP contribution in [0.15, 0.2) is 18.2 Å². The summed E-state index contributed by atoms with van der Waals surface area (Å²) in [4.78, 5) is 2.70. The Morgan fingerprint density at radius 1 is 1.24 bits per heavy atom. The third-order valence-electron chi connectivity index (χ3n) is 5.50. The van der Waals surface area contributed by atoms with Gasteiger partial charge in [0, 0.05) is 23.7 Å². The zero-order chi connectivity index (χ0) is 14.8. The highest BCUT2D eigenvalue weighted by Gasteiger charge is 2.37. The van der Waals surface area contributed by atoms with Gasteiger partial charge in [0.15, 0.2) is 0 Å². The lowest BCUT2D eigenvalue weighted by Gasteiger charge is -2.36. The molecule has 0 amide bonds. The predicted octanol–water partition coefficient (Wildman–Crippen LogP) is 4.30. The van der Waals surface area contributed by atoms with Gasteiger partial charge in [0.2, 0.25) is 0 Å². The summed E-state index contributed by atoms with van der Waals surface area (Å²) in [6, 6.07) is 7.36. The standard InChI is InChI=1S/C18H27ClN2/c1-13-11-15(19)8-9-16(13)18(12-20)21-10-4-7-17(21)14-5-2-3-6-14/h8-9,11,14,17-18H,2-7,10,12,20H2,1H3. The summed E-state index contributed by atoms with van der Waals surface area (Å²) in [7, 11) is 0. The molecule has 21 heavy (non-hydrogen) atoms. The maximum absolute atomic E-state index is 6.18. The molecule has 2 aliphatic rings. The van der Waals surface area contributed by atoms with E-state index < -0.39 is 0 Å². The third-order valence-corrected chi connectivity index (χ3v) is 5.74. The van der Waals surface area contributed by atoms with E-state index in [9.17, 15) is 0 Å². The van der Waals surface area contributed by atoms with E-state index in [0.29, 0.717) is 12.6 Å². The third kappa shape index (κ3) is 3.13. The first kappa shape index (κ1) is 15.3. The Labute approximate surface area is 133 Å². The van der Waals surface area contributed by atoms with Gasteiger partial charge in [-0.05, 0) is 68.3 Å². The predicted molar refractivity (Wildman–Crippen MR) is 89.7 cm³/mol. The molecule has 3 rings (SSSR count). The first-order valence-corrected chi connectivity index (χ1v) is 8.80. The first-order chi connectivity index (χ1) is 10.2. The molecule has 2 unspecified atom stereocenters. The van der Waals surface area contributed by atoms with Crippen LogP contribution < -0.4 is 5.73 Å². The fraction of sp³-hybridized carbons (Fsp3) is 0.667. The molecule has 2 N–H and O–H groups in total. The van der Waals surface area contributed by atoms with Crippen LogP contribution in [-0.4, -0.2) is 24.0 Å². The number of aryl methyl sites for hydroxylation is 1. The summed E-state index contributed by atoms with van der Waals surface area (Å²) in [6.07, 6.45) is 8.35. The molecule has 116 valence electrons. The normalized spacial score (nSPS) is 25.6. The van der Waals surface area contributed by atoms with Crippen molar-refractivity contribution in [1.82, 2.24) is 4.90 Å². The lowest BCUT2D eigenvalue weighted by Crippen LogP contribution is -2.41. The molecule has 1 aromatic rings. The number of benzene rings is 1. The zero-order valence-electron chi connectivity index (χ0n) is 13.0. The first-order valence-electron chi connectivity index (χ1n) is 8.42. The Balaban J connectivity index is 1.84. The summed E-state index contributed by atoms with van der Waals surface area (Å²) < 4.78 is 0. The van der Waals surface area contributed by atoms with Crippen molar-refractivity contribution in [2.24, 2.45) is 11.7 Å². The molecule has 0 spiro atoms. The van der Waals surface area contributed by atoms with Gasteiger partial charge in [0.1, 0.15) is 0 Å². The number of halogens is 1. The van der Waals surface area contributed by atoms with Gasteiger partial charge in [0.05, 0.1) is 0 Å². The van der Waals surface area contributed by atoms with Crippen molar-refractivity contribution >= 4 is 11.6 Å². The molecule has 0 aromatic heterocycles. The van der Waals surface area contributed by atoms with E-state index in [1.807, 2.05) is 6.07 Å². The molecule has 0 bridgehead atoms. The van der Waals surface area contributed by atoms with E-state index in [1.54, 1.807) is 0 Å². The minimum Gasteiger partial charge on any atom is -0.329 e. The number of hydrogen-bond donors (Lipinski definition) is 1. The Morgan fingerprint density at radius 3 is 2.67 bits per heavy atom. The van der Waals surface area contributed by atoms with Crippen molar-refractivity contribution in [3.8, 4) is 0 Å². The van der Waals surface area contributed by atoms with E-state index >= 15 is 0 Å². The van der Waals surface area contributed by atoms with Gasteiger partial charge < -0.3 is 5.73 Å². The highest BCUT2D eigenvalue weighted by molar-refractivity contribution is 6.30. The largest absolute Gasteiger partial charge is 0.329 e. The maximum atomic E-state index is 6.18. The maximum Gasteiger partial charge on any atom is 0.0476 e. The fourth-order valence-corrected chi connectivity index (χ4v) is 4.73. The van der Waals surface area contributed by atoms with E-state index in [1.165, 1.54) is 56.2 Å². The average Bonchev–Trinajstić information content (AvgIpc) is 3.12. The average molecular weight is 307 g/mol. The number of hydrogen-bond acceptors (Lipinski definition) is 2. The van der Waals surface area contributed by atoms with Gasteiger partial charge in [-0.15, -0.1) is 0 Å². The molecular formula is C18H27ClN2. The molecule has 1 saturated heterocycles. The van der Waals surface area contributed by atoms with Crippen LogP contribution >= 0.6 is 11.6 Å². The van der Waals surface area contributed by atoms with Crippen molar-refractivity contribution in [2.45, 2.75) is 57.5 Å². The quantitative estimate of drug-likeness (QED) is 0.898. The van der Waals surface area contributed by atoms with Crippen LogP contribution in [0.4, 0.5) is 0 Å². The Morgan fingerprint density at radius 2 is 2.00 bits per heavy atom. The van der Waals surface area contributed by atoms with Gasteiger partial charge in [-0.3, -0.25) is 4.90 Å². The van der Waals surface area contributed by atoms with Crippen molar-refractivity contribution in [3.63, 3.8) is 0 Å². The summed E-state index contributed by atoms with van der Waals surface area (Å²) in [5, 5.41) is 0.820. The topological polar surface area (TPSA) is 29.3 Å². The van der Waals surface area contributed by atoms with E-state index in [-0.39, 0.29) is 0 Å². The molecule has 1 aromatic carbocycles.